The van der Waals surface area contributed by atoms with Crippen LogP contribution >= 0.6 is 11.6 Å². The summed E-state index contributed by atoms with van der Waals surface area (Å²) in [5.74, 6) is -0.328. The lowest BCUT2D eigenvalue weighted by atomic mass is 9.95. The van der Waals surface area contributed by atoms with Crippen molar-refractivity contribution in [3.8, 4) is 0 Å². The van der Waals surface area contributed by atoms with E-state index in [9.17, 15) is 4.39 Å². The highest BCUT2D eigenvalue weighted by Gasteiger charge is 2.15. The molecule has 1 aromatic rings. The maximum Gasteiger partial charge on any atom is 0.142 e. The lowest BCUT2D eigenvalue weighted by molar-refractivity contribution is 0.362. The normalized spacial score (nSPS) is 19.7. The van der Waals surface area contributed by atoms with Crippen molar-refractivity contribution >= 4 is 11.6 Å². The van der Waals surface area contributed by atoms with Crippen molar-refractivity contribution in [1.29, 1.82) is 0 Å². The van der Waals surface area contributed by atoms with Crippen molar-refractivity contribution in [2.75, 3.05) is 0 Å². The molecule has 2 rings (SSSR count). The molecule has 3 heteroatoms. The molecule has 0 radical (unpaired) electrons. The van der Waals surface area contributed by atoms with E-state index in [0.717, 1.165) is 5.56 Å². The molecule has 19 heavy (non-hydrogen) atoms. The quantitative estimate of drug-likeness (QED) is 0.799. The molecule has 1 aliphatic carbocycles. The summed E-state index contributed by atoms with van der Waals surface area (Å²) in [6.07, 6.45) is 9.16. The lowest BCUT2D eigenvalue weighted by Crippen LogP contribution is -2.32. The Morgan fingerprint density at radius 3 is 2.42 bits per heavy atom. The summed E-state index contributed by atoms with van der Waals surface area (Å²) in [6.45, 7) is 2.10. The second kappa shape index (κ2) is 7.25. The van der Waals surface area contributed by atoms with Gasteiger partial charge in [-0.3, -0.25) is 0 Å². The van der Waals surface area contributed by atoms with Gasteiger partial charge < -0.3 is 5.32 Å². The molecular formula is C16H23ClFN. The lowest BCUT2D eigenvalue weighted by Gasteiger charge is -2.25. The first-order chi connectivity index (χ1) is 9.16. The second-order valence-corrected chi connectivity index (χ2v) is 6.01. The van der Waals surface area contributed by atoms with Crippen LogP contribution in [-0.2, 0) is 0 Å². The standard InChI is InChI=1S/C16H23ClFN/c1-12(13-9-10-15(17)16(18)11-13)19-14-7-5-3-2-4-6-8-14/h9-12,14,19H,2-8H2,1H3. The molecule has 0 bridgehead atoms. The van der Waals surface area contributed by atoms with Crippen molar-refractivity contribution < 1.29 is 4.39 Å². The smallest absolute Gasteiger partial charge is 0.142 e. The Balaban J connectivity index is 1.94. The monoisotopic (exact) mass is 283 g/mol. The van der Waals surface area contributed by atoms with Crippen LogP contribution in [0.4, 0.5) is 4.39 Å². The summed E-state index contributed by atoms with van der Waals surface area (Å²) >= 11 is 5.72. The van der Waals surface area contributed by atoms with E-state index in [2.05, 4.69) is 12.2 Å². The van der Waals surface area contributed by atoms with Crippen molar-refractivity contribution in [3.63, 3.8) is 0 Å². The Hall–Kier alpha value is -0.600. The van der Waals surface area contributed by atoms with Crippen LogP contribution in [0.2, 0.25) is 5.02 Å². The van der Waals surface area contributed by atoms with Crippen molar-refractivity contribution in [2.45, 2.75) is 64.0 Å². The Kier molecular flexibility index (Phi) is 5.65. The van der Waals surface area contributed by atoms with Crippen LogP contribution in [0.25, 0.3) is 0 Å². The number of hydrogen-bond acceptors (Lipinski definition) is 1. The molecule has 0 aliphatic heterocycles. The third-order valence-corrected chi connectivity index (χ3v) is 4.34. The zero-order valence-electron chi connectivity index (χ0n) is 11.6. The number of rotatable bonds is 3. The molecule has 1 unspecified atom stereocenters. The molecule has 0 heterocycles. The van der Waals surface area contributed by atoms with Gasteiger partial charge >= 0.3 is 0 Å². The molecule has 0 spiro atoms. The van der Waals surface area contributed by atoms with E-state index in [4.69, 9.17) is 11.6 Å². The molecule has 1 N–H and O–H groups in total. The van der Waals surface area contributed by atoms with Gasteiger partial charge in [0.15, 0.2) is 0 Å². The minimum atomic E-state index is -0.328. The van der Waals surface area contributed by atoms with Crippen molar-refractivity contribution in [1.82, 2.24) is 5.32 Å². The van der Waals surface area contributed by atoms with E-state index in [0.29, 0.717) is 6.04 Å². The fourth-order valence-electron chi connectivity index (χ4n) is 2.85. The van der Waals surface area contributed by atoms with Crippen LogP contribution in [0, 0.1) is 5.82 Å². The highest BCUT2D eigenvalue weighted by atomic mass is 35.5. The first-order valence-electron chi connectivity index (χ1n) is 7.38. The van der Waals surface area contributed by atoms with Gasteiger partial charge in [-0.05, 0) is 37.5 Å². The summed E-state index contributed by atoms with van der Waals surface area (Å²) in [5.41, 5.74) is 0.976. The molecule has 106 valence electrons. The summed E-state index contributed by atoms with van der Waals surface area (Å²) in [6, 6.07) is 5.84. The predicted octanol–water partition coefficient (Wildman–Crippen LogP) is 5.24. The Morgan fingerprint density at radius 1 is 1.16 bits per heavy atom. The van der Waals surface area contributed by atoms with E-state index in [1.165, 1.54) is 44.9 Å². The van der Waals surface area contributed by atoms with Gasteiger partial charge in [0.05, 0.1) is 5.02 Å². The van der Waals surface area contributed by atoms with Crippen molar-refractivity contribution in [3.05, 3.63) is 34.6 Å². The summed E-state index contributed by atoms with van der Waals surface area (Å²) < 4.78 is 13.5. The third-order valence-electron chi connectivity index (χ3n) is 4.03. The molecule has 1 fully saturated rings. The first kappa shape index (κ1) is 14.8. The fourth-order valence-corrected chi connectivity index (χ4v) is 2.97. The third kappa shape index (κ3) is 4.47. The first-order valence-corrected chi connectivity index (χ1v) is 7.75. The summed E-state index contributed by atoms with van der Waals surface area (Å²) in [4.78, 5) is 0. The van der Waals surface area contributed by atoms with Crippen LogP contribution in [0.1, 0.15) is 63.5 Å². The number of nitrogens with one attached hydrogen (secondary N) is 1. The second-order valence-electron chi connectivity index (χ2n) is 5.60. The minimum Gasteiger partial charge on any atom is -0.307 e. The van der Waals surface area contributed by atoms with Gasteiger partial charge in [-0.25, -0.2) is 4.39 Å². The summed E-state index contributed by atoms with van der Waals surface area (Å²) in [5, 5.41) is 3.84. The highest BCUT2D eigenvalue weighted by molar-refractivity contribution is 6.30. The Morgan fingerprint density at radius 2 is 1.79 bits per heavy atom. The molecule has 0 amide bonds. The largest absolute Gasteiger partial charge is 0.307 e. The van der Waals surface area contributed by atoms with Gasteiger partial charge in [0.2, 0.25) is 0 Å². The zero-order valence-corrected chi connectivity index (χ0v) is 12.3. The minimum absolute atomic E-state index is 0.177. The highest BCUT2D eigenvalue weighted by Crippen LogP contribution is 2.23. The van der Waals surface area contributed by atoms with Gasteiger partial charge in [0.25, 0.3) is 0 Å². The van der Waals surface area contributed by atoms with E-state index in [-0.39, 0.29) is 16.9 Å². The maximum atomic E-state index is 13.5. The van der Waals surface area contributed by atoms with Crippen molar-refractivity contribution in [2.24, 2.45) is 0 Å². The van der Waals surface area contributed by atoms with E-state index in [1.807, 2.05) is 6.07 Å². The van der Waals surface area contributed by atoms with Gasteiger partial charge in [-0.15, -0.1) is 0 Å². The van der Waals surface area contributed by atoms with Gasteiger partial charge in [-0.2, -0.15) is 0 Å². The zero-order chi connectivity index (χ0) is 13.7. The molecule has 1 nitrogen and oxygen atoms in total. The van der Waals surface area contributed by atoms with Crippen LogP contribution in [0.5, 0.6) is 0 Å². The van der Waals surface area contributed by atoms with Crippen LogP contribution < -0.4 is 5.32 Å². The Labute approximate surface area is 120 Å². The molecule has 1 aromatic carbocycles. The topological polar surface area (TPSA) is 12.0 Å². The number of halogens is 2. The molecule has 1 atom stereocenters. The molecule has 1 aliphatic rings. The van der Waals surface area contributed by atoms with Crippen LogP contribution in [-0.4, -0.2) is 6.04 Å². The van der Waals surface area contributed by atoms with Crippen LogP contribution in [0.3, 0.4) is 0 Å². The van der Waals surface area contributed by atoms with E-state index < -0.39 is 0 Å². The fraction of sp³-hybridized carbons (Fsp3) is 0.625. The Bertz CT molecular complexity index is 400. The SMILES string of the molecule is CC(NC1CCCCCCC1)c1ccc(Cl)c(F)c1. The molecule has 1 saturated carbocycles. The number of hydrogen-bond donors (Lipinski definition) is 1. The summed E-state index contributed by atoms with van der Waals surface area (Å²) in [7, 11) is 0. The van der Waals surface area contributed by atoms with E-state index in [1.54, 1.807) is 12.1 Å². The molecular weight excluding hydrogens is 261 g/mol. The number of benzene rings is 1. The van der Waals surface area contributed by atoms with E-state index >= 15 is 0 Å². The average Bonchev–Trinajstić information content (AvgIpc) is 2.35. The predicted molar refractivity (Wildman–Crippen MR) is 79.1 cm³/mol. The average molecular weight is 284 g/mol. The van der Waals surface area contributed by atoms with Crippen LogP contribution in [0.15, 0.2) is 18.2 Å². The molecule has 0 aromatic heterocycles. The van der Waals surface area contributed by atoms with Gasteiger partial charge in [0.1, 0.15) is 5.82 Å². The van der Waals surface area contributed by atoms with Gasteiger partial charge in [0, 0.05) is 12.1 Å². The maximum absolute atomic E-state index is 13.5. The van der Waals surface area contributed by atoms with Gasteiger partial charge in [-0.1, -0.05) is 49.8 Å². The molecule has 0 saturated heterocycles.